The number of aromatic nitrogens is 2. The number of hydrogen-bond acceptors (Lipinski definition) is 3. The highest BCUT2D eigenvalue weighted by molar-refractivity contribution is 9.10. The maximum atomic E-state index is 6.09. The zero-order chi connectivity index (χ0) is 15.5. The van der Waals surface area contributed by atoms with Crippen LogP contribution >= 0.6 is 15.9 Å². The third kappa shape index (κ3) is 3.35. The monoisotopic (exact) mass is 357 g/mol. The topological polar surface area (TPSA) is 39.1 Å². The van der Waals surface area contributed by atoms with E-state index < -0.39 is 0 Å². The van der Waals surface area contributed by atoms with E-state index in [1.54, 1.807) is 0 Å². The minimum atomic E-state index is -0.138. The second-order valence-electron chi connectivity index (χ2n) is 6.29. The number of aryl methyl sites for hydroxylation is 1. The highest BCUT2D eigenvalue weighted by Gasteiger charge is 2.44. The molecule has 4 nitrogen and oxygen atoms in total. The molecular weight excluding hydrogens is 330 g/mol. The Balaban J connectivity index is 2.39. The van der Waals surface area contributed by atoms with Crippen LogP contribution in [0.25, 0.3) is 0 Å². The van der Waals surface area contributed by atoms with Crippen molar-refractivity contribution in [2.75, 3.05) is 14.2 Å². The van der Waals surface area contributed by atoms with Gasteiger partial charge >= 0.3 is 0 Å². The molecule has 0 radical (unpaired) electrons. The molecule has 1 N–H and O–H groups in total. The number of rotatable bonds is 6. The highest BCUT2D eigenvalue weighted by atomic mass is 79.9. The molecule has 1 fully saturated rings. The van der Waals surface area contributed by atoms with Crippen LogP contribution in [0.5, 0.6) is 0 Å². The Bertz CT molecular complexity index is 462. The number of hydrogen-bond donors (Lipinski definition) is 1. The summed E-state index contributed by atoms with van der Waals surface area (Å²) in [5.41, 5.74) is 1.08. The van der Waals surface area contributed by atoms with Crippen LogP contribution in [0.1, 0.15) is 57.7 Å². The molecule has 0 bridgehead atoms. The Labute approximate surface area is 136 Å². The zero-order valence-corrected chi connectivity index (χ0v) is 15.2. The molecule has 21 heavy (non-hydrogen) atoms. The first-order chi connectivity index (χ1) is 10.1. The minimum absolute atomic E-state index is 0.138. The molecule has 0 amide bonds. The molecule has 1 aliphatic rings. The van der Waals surface area contributed by atoms with E-state index in [0.717, 1.165) is 30.3 Å². The standard InChI is InChI=1S/C16H28BrN3O/c1-5-9-20-14(13(17)11-19-20)15(18-3)16(21-4)8-6-7-12(2)10-16/h11-12,15,18H,5-10H2,1-4H3. The van der Waals surface area contributed by atoms with E-state index in [1.807, 2.05) is 20.4 Å². The Morgan fingerprint density at radius 3 is 2.95 bits per heavy atom. The summed E-state index contributed by atoms with van der Waals surface area (Å²) >= 11 is 3.68. The Hall–Kier alpha value is -0.390. The lowest BCUT2D eigenvalue weighted by molar-refractivity contribution is -0.0809. The lowest BCUT2D eigenvalue weighted by atomic mass is 9.73. The van der Waals surface area contributed by atoms with Crippen molar-refractivity contribution in [1.29, 1.82) is 0 Å². The van der Waals surface area contributed by atoms with Crippen LogP contribution in [0.15, 0.2) is 10.7 Å². The molecule has 0 aromatic carbocycles. The van der Waals surface area contributed by atoms with Gasteiger partial charge in [0.25, 0.3) is 0 Å². The van der Waals surface area contributed by atoms with Gasteiger partial charge < -0.3 is 10.1 Å². The van der Waals surface area contributed by atoms with Crippen molar-refractivity contribution in [2.45, 2.75) is 64.1 Å². The van der Waals surface area contributed by atoms with E-state index in [1.165, 1.54) is 18.5 Å². The fourth-order valence-corrected chi connectivity index (χ4v) is 4.33. The second-order valence-corrected chi connectivity index (χ2v) is 7.15. The van der Waals surface area contributed by atoms with Crippen LogP contribution in [0.3, 0.4) is 0 Å². The van der Waals surface area contributed by atoms with Crippen molar-refractivity contribution in [3.63, 3.8) is 0 Å². The Kier molecular flexibility index (Phi) is 5.86. The lowest BCUT2D eigenvalue weighted by Gasteiger charge is -2.44. The normalized spacial score (nSPS) is 27.8. The molecule has 0 spiro atoms. The van der Waals surface area contributed by atoms with Gasteiger partial charge in [-0.25, -0.2) is 0 Å². The molecule has 3 atom stereocenters. The SMILES string of the molecule is CCCn1ncc(Br)c1C(NC)C1(OC)CCCC(C)C1. The molecule has 1 heterocycles. The molecule has 120 valence electrons. The molecule has 1 aromatic rings. The highest BCUT2D eigenvalue weighted by Crippen LogP contribution is 2.44. The van der Waals surface area contributed by atoms with Gasteiger partial charge in [0.1, 0.15) is 0 Å². The van der Waals surface area contributed by atoms with Gasteiger partial charge in [-0.3, -0.25) is 4.68 Å². The van der Waals surface area contributed by atoms with E-state index in [-0.39, 0.29) is 11.6 Å². The number of likely N-dealkylation sites (N-methyl/N-ethyl adjacent to an activating group) is 1. The van der Waals surface area contributed by atoms with Crippen LogP contribution in [0, 0.1) is 5.92 Å². The fourth-order valence-electron chi connectivity index (χ4n) is 3.81. The number of halogens is 1. The van der Waals surface area contributed by atoms with Crippen LogP contribution in [0.4, 0.5) is 0 Å². The van der Waals surface area contributed by atoms with Gasteiger partial charge in [0.2, 0.25) is 0 Å². The molecule has 1 aromatic heterocycles. The van der Waals surface area contributed by atoms with Crippen LogP contribution in [0.2, 0.25) is 0 Å². The van der Waals surface area contributed by atoms with Crippen molar-refractivity contribution in [3.8, 4) is 0 Å². The van der Waals surface area contributed by atoms with E-state index in [9.17, 15) is 0 Å². The lowest BCUT2D eigenvalue weighted by Crippen LogP contribution is -2.48. The molecule has 1 aliphatic carbocycles. The molecule has 1 saturated carbocycles. The summed E-state index contributed by atoms with van der Waals surface area (Å²) in [6, 6.07) is 0.161. The zero-order valence-electron chi connectivity index (χ0n) is 13.7. The number of ether oxygens (including phenoxy) is 1. The summed E-state index contributed by atoms with van der Waals surface area (Å²) in [4.78, 5) is 0. The van der Waals surface area contributed by atoms with E-state index in [0.29, 0.717) is 5.92 Å². The molecule has 5 heteroatoms. The average Bonchev–Trinajstić information content (AvgIpc) is 2.82. The van der Waals surface area contributed by atoms with Gasteiger partial charge in [0.15, 0.2) is 0 Å². The summed E-state index contributed by atoms with van der Waals surface area (Å²) in [5.74, 6) is 0.705. The molecule has 3 unspecified atom stereocenters. The molecular formula is C16H28BrN3O. The maximum Gasteiger partial charge on any atom is 0.0890 e. The number of nitrogens with zero attached hydrogens (tertiary/aromatic N) is 2. The third-order valence-electron chi connectivity index (χ3n) is 4.75. The van der Waals surface area contributed by atoms with E-state index in [2.05, 4.69) is 44.9 Å². The van der Waals surface area contributed by atoms with Gasteiger partial charge in [-0.1, -0.05) is 26.7 Å². The smallest absolute Gasteiger partial charge is 0.0890 e. The molecule has 0 saturated heterocycles. The summed E-state index contributed by atoms with van der Waals surface area (Å²) in [6.45, 7) is 5.45. The maximum absolute atomic E-state index is 6.09. The summed E-state index contributed by atoms with van der Waals surface area (Å²) in [5, 5.41) is 8.04. The second kappa shape index (κ2) is 7.25. The molecule has 0 aliphatic heterocycles. The first kappa shape index (κ1) is 17.0. The quantitative estimate of drug-likeness (QED) is 0.838. The van der Waals surface area contributed by atoms with Crippen LogP contribution in [-0.2, 0) is 11.3 Å². The first-order valence-electron chi connectivity index (χ1n) is 8.01. The van der Waals surface area contributed by atoms with Crippen molar-refractivity contribution in [2.24, 2.45) is 5.92 Å². The molecule has 2 rings (SSSR count). The Morgan fingerprint density at radius 2 is 2.38 bits per heavy atom. The van der Waals surface area contributed by atoms with Gasteiger partial charge in [-0.05, 0) is 48.2 Å². The number of nitrogens with one attached hydrogen (secondary N) is 1. The van der Waals surface area contributed by atoms with Crippen LogP contribution < -0.4 is 5.32 Å². The summed E-state index contributed by atoms with van der Waals surface area (Å²) in [6.07, 6.45) is 7.71. The largest absolute Gasteiger partial charge is 0.376 e. The van der Waals surface area contributed by atoms with Crippen LogP contribution in [-0.4, -0.2) is 29.5 Å². The predicted molar refractivity (Wildman–Crippen MR) is 89.4 cm³/mol. The average molecular weight is 358 g/mol. The van der Waals surface area contributed by atoms with Gasteiger partial charge in [-0.2, -0.15) is 5.10 Å². The number of methoxy groups -OCH3 is 1. The first-order valence-corrected chi connectivity index (χ1v) is 8.81. The van der Waals surface area contributed by atoms with E-state index in [4.69, 9.17) is 4.74 Å². The Morgan fingerprint density at radius 1 is 1.62 bits per heavy atom. The van der Waals surface area contributed by atoms with Gasteiger partial charge in [-0.15, -0.1) is 0 Å². The van der Waals surface area contributed by atoms with E-state index >= 15 is 0 Å². The van der Waals surface area contributed by atoms with Gasteiger partial charge in [0.05, 0.1) is 28.0 Å². The predicted octanol–water partition coefficient (Wildman–Crippen LogP) is 3.91. The van der Waals surface area contributed by atoms with Crippen molar-refractivity contribution < 1.29 is 4.74 Å². The summed E-state index contributed by atoms with van der Waals surface area (Å²) < 4.78 is 9.28. The van der Waals surface area contributed by atoms with Gasteiger partial charge in [0, 0.05) is 13.7 Å². The van der Waals surface area contributed by atoms with Crippen molar-refractivity contribution in [1.82, 2.24) is 15.1 Å². The minimum Gasteiger partial charge on any atom is -0.376 e. The summed E-state index contributed by atoms with van der Waals surface area (Å²) in [7, 11) is 3.89. The fraction of sp³-hybridized carbons (Fsp3) is 0.812. The van der Waals surface area contributed by atoms with Crippen molar-refractivity contribution >= 4 is 15.9 Å². The van der Waals surface area contributed by atoms with Crippen molar-refractivity contribution in [3.05, 3.63) is 16.4 Å². The third-order valence-corrected chi connectivity index (χ3v) is 5.37.